The molecule has 1 aliphatic rings. The van der Waals surface area contributed by atoms with Gasteiger partial charge in [-0.25, -0.2) is 8.42 Å². The van der Waals surface area contributed by atoms with Crippen LogP contribution in [0.15, 0.2) is 17.3 Å². The van der Waals surface area contributed by atoms with Crippen molar-refractivity contribution in [3.8, 4) is 0 Å². The molecule has 1 saturated heterocycles. The van der Waals surface area contributed by atoms with Crippen molar-refractivity contribution in [2.45, 2.75) is 37.5 Å². The van der Waals surface area contributed by atoms with E-state index in [0.717, 1.165) is 0 Å². The number of ether oxygens (including phenoxy) is 1. The number of sulfonamides is 1. The van der Waals surface area contributed by atoms with Gasteiger partial charge < -0.3 is 10.5 Å². The zero-order chi connectivity index (χ0) is 14.0. The van der Waals surface area contributed by atoms with Crippen LogP contribution in [-0.4, -0.2) is 54.3 Å². The van der Waals surface area contributed by atoms with Crippen LogP contribution in [0, 0.1) is 0 Å². The first kappa shape index (κ1) is 14.4. The number of hydrogen-bond acceptors (Lipinski definition) is 5. The van der Waals surface area contributed by atoms with Crippen LogP contribution in [0.3, 0.4) is 0 Å². The topological polar surface area (TPSA) is 90.5 Å². The van der Waals surface area contributed by atoms with Crippen LogP contribution in [0.25, 0.3) is 0 Å². The Morgan fingerprint density at radius 3 is 2.63 bits per heavy atom. The number of morpholine rings is 1. The molecule has 0 amide bonds. The molecular weight excluding hydrogens is 268 g/mol. The van der Waals surface area contributed by atoms with Gasteiger partial charge >= 0.3 is 0 Å². The van der Waals surface area contributed by atoms with E-state index in [1.165, 1.54) is 16.7 Å². The van der Waals surface area contributed by atoms with Crippen LogP contribution in [0.4, 0.5) is 0 Å². The fraction of sp³-hybridized carbons (Fsp3) is 0.727. The van der Waals surface area contributed by atoms with Crippen LogP contribution in [0.5, 0.6) is 0 Å². The molecule has 0 radical (unpaired) electrons. The molecule has 2 rings (SSSR count). The minimum atomic E-state index is -3.50. The average molecular weight is 288 g/mol. The summed E-state index contributed by atoms with van der Waals surface area (Å²) in [7, 11) is -3.50. The van der Waals surface area contributed by atoms with E-state index < -0.39 is 10.0 Å². The summed E-state index contributed by atoms with van der Waals surface area (Å²) < 4.78 is 33.5. The zero-order valence-electron chi connectivity index (χ0n) is 11.2. The smallest absolute Gasteiger partial charge is 0.246 e. The highest BCUT2D eigenvalue weighted by molar-refractivity contribution is 7.89. The third-order valence-electron chi connectivity index (χ3n) is 2.99. The molecule has 2 atom stereocenters. The number of nitrogens with zero attached hydrogens (tertiary/aromatic N) is 3. The Labute approximate surface area is 113 Å². The third kappa shape index (κ3) is 3.14. The monoisotopic (exact) mass is 288 g/mol. The summed E-state index contributed by atoms with van der Waals surface area (Å²) in [4.78, 5) is 0.210. The van der Waals surface area contributed by atoms with Crippen molar-refractivity contribution in [2.75, 3.05) is 19.6 Å². The molecule has 0 bridgehead atoms. The number of nitrogens with two attached hydrogens (primary N) is 1. The van der Waals surface area contributed by atoms with Gasteiger partial charge in [0, 0.05) is 25.8 Å². The van der Waals surface area contributed by atoms with Gasteiger partial charge in [-0.3, -0.25) is 4.68 Å². The van der Waals surface area contributed by atoms with Crippen LogP contribution >= 0.6 is 0 Å². The molecule has 108 valence electrons. The van der Waals surface area contributed by atoms with E-state index in [4.69, 9.17) is 10.5 Å². The fourth-order valence-corrected chi connectivity index (χ4v) is 3.75. The van der Waals surface area contributed by atoms with E-state index in [1.807, 2.05) is 13.8 Å². The van der Waals surface area contributed by atoms with Gasteiger partial charge in [-0.15, -0.1) is 0 Å². The van der Waals surface area contributed by atoms with Gasteiger partial charge in [-0.2, -0.15) is 9.40 Å². The summed E-state index contributed by atoms with van der Waals surface area (Å²) in [5.74, 6) is 0. The van der Waals surface area contributed by atoms with Crippen molar-refractivity contribution in [1.82, 2.24) is 14.1 Å². The first-order chi connectivity index (χ1) is 8.93. The molecule has 7 nitrogen and oxygen atoms in total. The van der Waals surface area contributed by atoms with E-state index in [-0.39, 0.29) is 17.1 Å². The Kier molecular flexibility index (Phi) is 4.24. The van der Waals surface area contributed by atoms with Gasteiger partial charge in [0.05, 0.1) is 24.9 Å². The highest BCUT2D eigenvalue weighted by atomic mass is 32.2. The van der Waals surface area contributed by atoms with E-state index >= 15 is 0 Å². The van der Waals surface area contributed by atoms with Gasteiger partial charge in [0.15, 0.2) is 0 Å². The molecule has 1 fully saturated rings. The summed E-state index contributed by atoms with van der Waals surface area (Å²) >= 11 is 0. The summed E-state index contributed by atoms with van der Waals surface area (Å²) in [5.41, 5.74) is 5.42. The van der Waals surface area contributed by atoms with Crippen LogP contribution in [0.2, 0.25) is 0 Å². The van der Waals surface area contributed by atoms with Crippen LogP contribution < -0.4 is 5.73 Å². The van der Waals surface area contributed by atoms with Crippen molar-refractivity contribution in [2.24, 2.45) is 5.73 Å². The molecule has 2 heterocycles. The van der Waals surface area contributed by atoms with Gasteiger partial charge in [0.1, 0.15) is 4.90 Å². The average Bonchev–Trinajstić information content (AvgIpc) is 2.77. The third-order valence-corrected chi connectivity index (χ3v) is 4.78. The van der Waals surface area contributed by atoms with Gasteiger partial charge in [-0.05, 0) is 13.8 Å². The second-order valence-electron chi connectivity index (χ2n) is 4.81. The number of aromatic nitrogens is 2. The molecule has 2 unspecified atom stereocenters. The summed E-state index contributed by atoms with van der Waals surface area (Å²) in [6, 6.07) is 0. The standard InChI is InChI=1S/C11H20N4O3S/c1-9-6-15(7-10(2)18-9)19(16,17)11-5-13-14(8-11)4-3-12/h5,8-10H,3-4,6-7,12H2,1-2H3. The Balaban J connectivity index is 2.20. The molecule has 19 heavy (non-hydrogen) atoms. The maximum Gasteiger partial charge on any atom is 0.246 e. The SMILES string of the molecule is CC1CN(S(=O)(=O)c2cnn(CCN)c2)CC(C)O1. The zero-order valence-corrected chi connectivity index (χ0v) is 12.0. The van der Waals surface area contributed by atoms with Gasteiger partial charge in [-0.1, -0.05) is 0 Å². The highest BCUT2D eigenvalue weighted by Gasteiger charge is 2.32. The van der Waals surface area contributed by atoms with Crippen molar-refractivity contribution in [3.05, 3.63) is 12.4 Å². The maximum atomic E-state index is 12.5. The lowest BCUT2D eigenvalue weighted by atomic mass is 10.3. The lowest BCUT2D eigenvalue weighted by Crippen LogP contribution is -2.48. The van der Waals surface area contributed by atoms with Crippen molar-refractivity contribution < 1.29 is 13.2 Å². The second kappa shape index (κ2) is 5.58. The molecule has 1 aliphatic heterocycles. The van der Waals surface area contributed by atoms with Crippen LogP contribution in [-0.2, 0) is 21.3 Å². The molecule has 0 spiro atoms. The number of rotatable bonds is 4. The Hall–Kier alpha value is -0.960. The molecule has 1 aromatic heterocycles. The highest BCUT2D eigenvalue weighted by Crippen LogP contribution is 2.20. The first-order valence-electron chi connectivity index (χ1n) is 6.31. The summed E-state index contributed by atoms with van der Waals surface area (Å²) in [6.45, 7) is 5.41. The van der Waals surface area contributed by atoms with E-state index in [0.29, 0.717) is 26.2 Å². The predicted molar refractivity (Wildman–Crippen MR) is 70.0 cm³/mol. The fourth-order valence-electron chi connectivity index (χ4n) is 2.21. The molecule has 1 aromatic rings. The molecule has 0 saturated carbocycles. The second-order valence-corrected chi connectivity index (χ2v) is 6.75. The Morgan fingerprint density at radius 2 is 2.05 bits per heavy atom. The van der Waals surface area contributed by atoms with Gasteiger partial charge in [0.25, 0.3) is 0 Å². The van der Waals surface area contributed by atoms with Crippen molar-refractivity contribution >= 4 is 10.0 Å². The first-order valence-corrected chi connectivity index (χ1v) is 7.75. The Morgan fingerprint density at radius 1 is 1.42 bits per heavy atom. The maximum absolute atomic E-state index is 12.5. The summed E-state index contributed by atoms with van der Waals surface area (Å²) in [6.07, 6.45) is 2.69. The quantitative estimate of drug-likeness (QED) is 0.817. The largest absolute Gasteiger partial charge is 0.373 e. The molecule has 0 aliphatic carbocycles. The predicted octanol–water partition coefficient (Wildman–Crippen LogP) is -0.360. The van der Waals surface area contributed by atoms with Gasteiger partial charge in [0.2, 0.25) is 10.0 Å². The van der Waals surface area contributed by atoms with E-state index in [9.17, 15) is 8.42 Å². The molecular formula is C11H20N4O3S. The lowest BCUT2D eigenvalue weighted by Gasteiger charge is -2.34. The molecule has 2 N–H and O–H groups in total. The van der Waals surface area contributed by atoms with Crippen LogP contribution in [0.1, 0.15) is 13.8 Å². The van der Waals surface area contributed by atoms with E-state index in [2.05, 4.69) is 5.10 Å². The number of hydrogen-bond donors (Lipinski definition) is 1. The lowest BCUT2D eigenvalue weighted by molar-refractivity contribution is -0.0440. The van der Waals surface area contributed by atoms with E-state index in [1.54, 1.807) is 4.68 Å². The summed E-state index contributed by atoms with van der Waals surface area (Å²) in [5, 5.41) is 4.00. The Bertz CT molecular complexity index is 518. The molecule has 0 aromatic carbocycles. The minimum Gasteiger partial charge on any atom is -0.373 e. The van der Waals surface area contributed by atoms with Crippen molar-refractivity contribution in [1.29, 1.82) is 0 Å². The minimum absolute atomic E-state index is 0.0994. The molecule has 8 heteroatoms. The van der Waals surface area contributed by atoms with Crippen molar-refractivity contribution in [3.63, 3.8) is 0 Å². The normalized spacial score (nSPS) is 25.6.